The Morgan fingerprint density at radius 2 is 1.74 bits per heavy atom. The molecule has 1 aromatic carbocycles. The Morgan fingerprint density at radius 1 is 1.07 bits per heavy atom. The summed E-state index contributed by atoms with van der Waals surface area (Å²) < 4.78 is 5.16. The van der Waals surface area contributed by atoms with Crippen molar-refractivity contribution in [2.24, 2.45) is 5.41 Å². The normalized spacial score (nSPS) is 20.3. The lowest BCUT2D eigenvalue weighted by atomic mass is 9.74. The molecule has 0 aromatic heterocycles. The number of likely N-dealkylation sites (tertiary alicyclic amines) is 1. The Morgan fingerprint density at radius 3 is 2.37 bits per heavy atom. The molecule has 0 bridgehead atoms. The van der Waals surface area contributed by atoms with E-state index in [9.17, 15) is 9.59 Å². The van der Waals surface area contributed by atoms with Gasteiger partial charge in [0.2, 0.25) is 0 Å². The van der Waals surface area contributed by atoms with Crippen LogP contribution in [-0.2, 0) is 9.59 Å². The van der Waals surface area contributed by atoms with Crippen molar-refractivity contribution < 1.29 is 14.3 Å². The van der Waals surface area contributed by atoms with Crippen molar-refractivity contribution in [3.63, 3.8) is 0 Å². The highest BCUT2D eigenvalue weighted by Gasteiger charge is 2.37. The number of allylic oxidation sites excluding steroid dienone is 3. The number of hydrogen-bond acceptors (Lipinski definition) is 4. The van der Waals surface area contributed by atoms with Gasteiger partial charge in [-0.3, -0.25) is 9.59 Å². The number of methoxy groups -OCH3 is 1. The lowest BCUT2D eigenvalue weighted by Crippen LogP contribution is -2.38. The quantitative estimate of drug-likeness (QED) is 0.571. The molecule has 0 atom stereocenters. The van der Waals surface area contributed by atoms with E-state index in [1.54, 1.807) is 13.2 Å². The van der Waals surface area contributed by atoms with Crippen molar-refractivity contribution in [3.8, 4) is 5.75 Å². The summed E-state index contributed by atoms with van der Waals surface area (Å²) in [7, 11) is 1.62. The van der Waals surface area contributed by atoms with Gasteiger partial charge in [-0.15, -0.1) is 0 Å². The van der Waals surface area contributed by atoms with Crippen LogP contribution in [0.2, 0.25) is 0 Å². The van der Waals surface area contributed by atoms with Crippen molar-refractivity contribution >= 4 is 17.6 Å². The smallest absolute Gasteiger partial charge is 0.191 e. The summed E-state index contributed by atoms with van der Waals surface area (Å²) in [4.78, 5) is 28.1. The van der Waals surface area contributed by atoms with Gasteiger partial charge >= 0.3 is 0 Å². The van der Waals surface area contributed by atoms with E-state index in [-0.39, 0.29) is 17.0 Å². The molecular formula is C23H29NO3. The molecule has 144 valence electrons. The molecule has 1 saturated heterocycles. The number of rotatable bonds is 5. The Kier molecular flexibility index (Phi) is 5.83. The molecule has 0 unspecified atom stereocenters. The molecule has 4 heteroatoms. The van der Waals surface area contributed by atoms with Crippen molar-refractivity contribution in [2.45, 2.75) is 46.0 Å². The molecule has 0 saturated carbocycles. The van der Waals surface area contributed by atoms with E-state index in [0.717, 1.165) is 49.4 Å². The minimum Gasteiger partial charge on any atom is -0.497 e. The fourth-order valence-corrected chi connectivity index (χ4v) is 3.97. The van der Waals surface area contributed by atoms with Gasteiger partial charge in [-0.1, -0.05) is 32.1 Å². The van der Waals surface area contributed by atoms with Gasteiger partial charge in [0.05, 0.1) is 12.7 Å². The van der Waals surface area contributed by atoms with Gasteiger partial charge in [-0.25, -0.2) is 0 Å². The second kappa shape index (κ2) is 8.12. The number of carbonyl (C=O) groups excluding carboxylic acids is 2. The third-order valence-corrected chi connectivity index (χ3v) is 5.38. The van der Waals surface area contributed by atoms with Crippen LogP contribution in [0.15, 0.2) is 41.6 Å². The number of piperidine rings is 1. The Hall–Kier alpha value is -2.36. The maximum absolute atomic E-state index is 13.0. The predicted octanol–water partition coefficient (Wildman–Crippen LogP) is 4.41. The van der Waals surface area contributed by atoms with E-state index in [1.807, 2.05) is 24.3 Å². The monoisotopic (exact) mass is 367 g/mol. The van der Waals surface area contributed by atoms with Crippen LogP contribution in [0.1, 0.15) is 51.5 Å². The van der Waals surface area contributed by atoms with E-state index in [1.165, 1.54) is 12.5 Å². The first-order valence-electron chi connectivity index (χ1n) is 9.77. The Bertz CT molecular complexity index is 765. The van der Waals surface area contributed by atoms with Gasteiger partial charge in [0.15, 0.2) is 11.6 Å². The molecule has 1 aliphatic heterocycles. The second-order valence-corrected chi connectivity index (χ2v) is 8.28. The first-order valence-corrected chi connectivity index (χ1v) is 9.77. The van der Waals surface area contributed by atoms with Crippen molar-refractivity contribution in [1.82, 2.24) is 4.90 Å². The first kappa shape index (κ1) is 19.4. The maximum Gasteiger partial charge on any atom is 0.191 e. The number of ketones is 2. The molecule has 1 aliphatic carbocycles. The van der Waals surface area contributed by atoms with Gasteiger partial charge in [-0.05, 0) is 54.9 Å². The van der Waals surface area contributed by atoms with E-state index >= 15 is 0 Å². The van der Waals surface area contributed by atoms with Crippen LogP contribution >= 0.6 is 0 Å². The fraction of sp³-hybridized carbons (Fsp3) is 0.478. The van der Waals surface area contributed by atoms with Crippen LogP contribution in [0, 0.1) is 5.41 Å². The van der Waals surface area contributed by atoms with Gasteiger partial charge in [-0.2, -0.15) is 0 Å². The van der Waals surface area contributed by atoms with Crippen LogP contribution < -0.4 is 4.74 Å². The summed E-state index contributed by atoms with van der Waals surface area (Å²) in [5, 5.41) is 0. The van der Waals surface area contributed by atoms with Crippen LogP contribution in [0.4, 0.5) is 0 Å². The lowest BCUT2D eigenvalue weighted by molar-refractivity contribution is -0.121. The zero-order chi connectivity index (χ0) is 19.4. The third kappa shape index (κ3) is 4.68. The van der Waals surface area contributed by atoms with Gasteiger partial charge in [0, 0.05) is 25.2 Å². The molecule has 0 N–H and O–H groups in total. The summed E-state index contributed by atoms with van der Waals surface area (Å²) in [5.41, 5.74) is 2.18. The zero-order valence-electron chi connectivity index (χ0n) is 16.6. The minimum atomic E-state index is -0.174. The average molecular weight is 367 g/mol. The van der Waals surface area contributed by atoms with Crippen LogP contribution in [0.25, 0.3) is 6.08 Å². The maximum atomic E-state index is 13.0. The van der Waals surface area contributed by atoms with Gasteiger partial charge in [0.25, 0.3) is 0 Å². The number of ether oxygens (including phenoxy) is 1. The van der Waals surface area contributed by atoms with Crippen molar-refractivity contribution in [3.05, 3.63) is 47.2 Å². The third-order valence-electron chi connectivity index (χ3n) is 5.38. The van der Waals surface area contributed by atoms with Gasteiger partial charge in [0.1, 0.15) is 5.75 Å². The molecule has 4 nitrogen and oxygen atoms in total. The second-order valence-electron chi connectivity index (χ2n) is 8.28. The van der Waals surface area contributed by atoms with E-state index in [0.29, 0.717) is 12.0 Å². The molecule has 1 fully saturated rings. The zero-order valence-corrected chi connectivity index (χ0v) is 16.6. The molecule has 27 heavy (non-hydrogen) atoms. The molecule has 1 heterocycles. The summed E-state index contributed by atoms with van der Waals surface area (Å²) in [5.74, 6) is 0.585. The van der Waals surface area contributed by atoms with Crippen molar-refractivity contribution in [1.29, 1.82) is 0 Å². The van der Waals surface area contributed by atoms with E-state index in [2.05, 4.69) is 18.7 Å². The standard InChI is InChI=1S/C23H29NO3/c1-23(2)15-19(24-13-5-4-6-14-24)22(21(26)16-23)20(25)12-9-17-7-10-18(27-3)11-8-17/h7-12H,4-6,13-16H2,1-3H3/b12-9+. The fourth-order valence-electron chi connectivity index (χ4n) is 3.97. The van der Waals surface area contributed by atoms with Crippen LogP contribution in [0.3, 0.4) is 0 Å². The molecule has 0 spiro atoms. The highest BCUT2D eigenvalue weighted by molar-refractivity contribution is 6.25. The largest absolute Gasteiger partial charge is 0.497 e. The molecule has 3 rings (SSSR count). The van der Waals surface area contributed by atoms with Crippen LogP contribution in [-0.4, -0.2) is 36.7 Å². The highest BCUT2D eigenvalue weighted by Crippen LogP contribution is 2.39. The summed E-state index contributed by atoms with van der Waals surface area (Å²) >= 11 is 0. The minimum absolute atomic E-state index is 0.0174. The Balaban J connectivity index is 1.88. The highest BCUT2D eigenvalue weighted by atomic mass is 16.5. The average Bonchev–Trinajstić information content (AvgIpc) is 2.66. The van der Waals surface area contributed by atoms with Gasteiger partial charge < -0.3 is 9.64 Å². The summed E-state index contributed by atoms with van der Waals surface area (Å²) in [6, 6.07) is 7.51. The number of Topliss-reactive ketones (excluding diaryl/α,β-unsaturated/α-hetero) is 1. The summed E-state index contributed by atoms with van der Waals surface area (Å²) in [6.07, 6.45) is 8.01. The van der Waals surface area contributed by atoms with Crippen LogP contribution in [0.5, 0.6) is 5.75 Å². The molecule has 2 aliphatic rings. The topological polar surface area (TPSA) is 46.6 Å². The molecule has 1 aromatic rings. The van der Waals surface area contributed by atoms with E-state index in [4.69, 9.17) is 4.74 Å². The van der Waals surface area contributed by atoms with E-state index < -0.39 is 0 Å². The summed E-state index contributed by atoms with van der Waals surface area (Å²) in [6.45, 7) is 6.11. The number of benzene rings is 1. The SMILES string of the molecule is COc1ccc(/C=C/C(=O)C2=C(N3CCCCC3)CC(C)(C)CC2=O)cc1. The lowest BCUT2D eigenvalue weighted by Gasteiger charge is -2.39. The molecule has 0 amide bonds. The number of hydrogen-bond donors (Lipinski definition) is 0. The molecule has 0 radical (unpaired) electrons. The predicted molar refractivity (Wildman–Crippen MR) is 108 cm³/mol. The Labute approximate surface area is 161 Å². The first-order chi connectivity index (χ1) is 12.9. The van der Waals surface area contributed by atoms with Crippen molar-refractivity contribution in [2.75, 3.05) is 20.2 Å². The molecular weight excluding hydrogens is 338 g/mol. The number of nitrogens with zero attached hydrogens (tertiary/aromatic N) is 1. The number of carbonyl (C=O) groups is 2.